The SMILES string of the molecule is Cc1c(CN(C)C(=O)/C=C/c2cnc3c(c2)CNCCN3)oc2cccc(CNc3cccnc3)c12. The maximum absolute atomic E-state index is 12.9. The van der Waals surface area contributed by atoms with Crippen LogP contribution in [0.4, 0.5) is 11.5 Å². The van der Waals surface area contributed by atoms with Crippen LogP contribution in [0.15, 0.2) is 65.5 Å². The van der Waals surface area contributed by atoms with Crippen molar-refractivity contribution in [1.82, 2.24) is 20.2 Å². The maximum atomic E-state index is 12.9. The van der Waals surface area contributed by atoms with Crippen molar-refractivity contribution in [2.75, 3.05) is 30.8 Å². The second kappa shape index (κ2) is 10.6. The Hall–Kier alpha value is -4.17. The van der Waals surface area contributed by atoms with Gasteiger partial charge in [0.1, 0.15) is 17.2 Å². The first-order valence-electron chi connectivity index (χ1n) is 12.1. The second-order valence-electron chi connectivity index (χ2n) is 8.94. The molecular weight excluding hydrogens is 452 g/mol. The predicted molar refractivity (Wildman–Crippen MR) is 142 cm³/mol. The molecular formula is C28H30N6O2. The predicted octanol–water partition coefficient (Wildman–Crippen LogP) is 4.33. The molecule has 8 nitrogen and oxygen atoms in total. The molecule has 36 heavy (non-hydrogen) atoms. The number of likely N-dealkylation sites (N-methyl/N-ethyl adjacent to an activating group) is 1. The molecule has 0 spiro atoms. The van der Waals surface area contributed by atoms with E-state index >= 15 is 0 Å². The van der Waals surface area contributed by atoms with Crippen LogP contribution in [0.5, 0.6) is 0 Å². The number of anilines is 2. The zero-order valence-electron chi connectivity index (χ0n) is 20.5. The van der Waals surface area contributed by atoms with Crippen molar-refractivity contribution in [3.8, 4) is 0 Å². The number of hydrogen-bond acceptors (Lipinski definition) is 7. The van der Waals surface area contributed by atoms with Gasteiger partial charge in [0, 0.05) is 74.4 Å². The standard InChI is InChI=1S/C28H30N6O2/c1-19-25(36-24-7-3-5-21(27(19)24)16-32-23-6-4-10-29-17-23)18-34(2)26(35)9-8-20-13-22-15-30-11-12-31-28(22)33-14-20/h3-10,13-14,17,30,32H,11-12,15-16,18H2,1-2H3,(H,31,33)/b9-8+. The minimum Gasteiger partial charge on any atom is -0.459 e. The van der Waals surface area contributed by atoms with Crippen LogP contribution in [-0.2, 0) is 24.4 Å². The Labute approximate surface area is 210 Å². The monoisotopic (exact) mass is 482 g/mol. The summed E-state index contributed by atoms with van der Waals surface area (Å²) in [6.45, 7) is 5.59. The number of carbonyl (C=O) groups is 1. The molecule has 0 unspecified atom stereocenters. The van der Waals surface area contributed by atoms with Crippen LogP contribution in [0.2, 0.25) is 0 Å². The fourth-order valence-corrected chi connectivity index (χ4v) is 4.39. The number of furan rings is 1. The number of hydrogen-bond donors (Lipinski definition) is 3. The Morgan fingerprint density at radius 3 is 3.00 bits per heavy atom. The van der Waals surface area contributed by atoms with E-state index in [9.17, 15) is 4.79 Å². The fourth-order valence-electron chi connectivity index (χ4n) is 4.39. The summed E-state index contributed by atoms with van der Waals surface area (Å²) >= 11 is 0. The van der Waals surface area contributed by atoms with Crippen molar-refractivity contribution in [2.24, 2.45) is 0 Å². The molecule has 1 aliphatic heterocycles. The van der Waals surface area contributed by atoms with Crippen LogP contribution >= 0.6 is 0 Å². The molecule has 0 aliphatic carbocycles. The van der Waals surface area contributed by atoms with Crippen LogP contribution in [0.3, 0.4) is 0 Å². The van der Waals surface area contributed by atoms with Gasteiger partial charge in [-0.3, -0.25) is 9.78 Å². The minimum atomic E-state index is -0.0977. The molecule has 1 amide bonds. The highest BCUT2D eigenvalue weighted by molar-refractivity contribution is 5.92. The quantitative estimate of drug-likeness (QED) is 0.338. The van der Waals surface area contributed by atoms with E-state index in [2.05, 4.69) is 38.1 Å². The number of rotatable bonds is 7. The van der Waals surface area contributed by atoms with E-state index in [1.807, 2.05) is 37.3 Å². The third-order valence-electron chi connectivity index (χ3n) is 6.36. The van der Waals surface area contributed by atoms with Gasteiger partial charge < -0.3 is 25.3 Å². The van der Waals surface area contributed by atoms with Gasteiger partial charge in [0.2, 0.25) is 5.91 Å². The van der Waals surface area contributed by atoms with E-state index in [1.54, 1.807) is 36.6 Å². The number of carbonyl (C=O) groups excluding carboxylic acids is 1. The summed E-state index contributed by atoms with van der Waals surface area (Å²) in [4.78, 5) is 23.2. The molecule has 1 aromatic carbocycles. The molecule has 3 N–H and O–H groups in total. The van der Waals surface area contributed by atoms with Crippen LogP contribution in [0.1, 0.15) is 28.0 Å². The Morgan fingerprint density at radius 2 is 2.14 bits per heavy atom. The van der Waals surface area contributed by atoms with E-state index in [0.29, 0.717) is 13.1 Å². The molecule has 1 aliphatic rings. The highest BCUT2D eigenvalue weighted by Crippen LogP contribution is 2.30. The lowest BCUT2D eigenvalue weighted by atomic mass is 10.1. The normalized spacial score (nSPS) is 13.3. The van der Waals surface area contributed by atoms with Gasteiger partial charge in [0.25, 0.3) is 0 Å². The Morgan fingerprint density at radius 1 is 1.22 bits per heavy atom. The Balaban J connectivity index is 1.28. The van der Waals surface area contributed by atoms with Gasteiger partial charge in [-0.15, -0.1) is 0 Å². The number of nitrogens with zero attached hydrogens (tertiary/aromatic N) is 3. The number of fused-ring (bicyclic) bond motifs is 2. The van der Waals surface area contributed by atoms with Gasteiger partial charge in [-0.05, 0) is 48.4 Å². The molecule has 0 atom stereocenters. The van der Waals surface area contributed by atoms with E-state index < -0.39 is 0 Å². The third-order valence-corrected chi connectivity index (χ3v) is 6.36. The average Bonchev–Trinajstić information content (AvgIpc) is 3.06. The summed E-state index contributed by atoms with van der Waals surface area (Å²) in [6.07, 6.45) is 8.74. The molecule has 3 aromatic heterocycles. The third kappa shape index (κ3) is 5.23. The Kier molecular flexibility index (Phi) is 6.95. The smallest absolute Gasteiger partial charge is 0.246 e. The summed E-state index contributed by atoms with van der Waals surface area (Å²) in [5.74, 6) is 1.59. The molecule has 0 fully saturated rings. The second-order valence-corrected chi connectivity index (χ2v) is 8.94. The lowest BCUT2D eigenvalue weighted by Crippen LogP contribution is -2.24. The van der Waals surface area contributed by atoms with Gasteiger partial charge in [-0.1, -0.05) is 12.1 Å². The largest absolute Gasteiger partial charge is 0.459 e. The van der Waals surface area contributed by atoms with Crippen molar-refractivity contribution >= 4 is 34.5 Å². The first-order chi connectivity index (χ1) is 17.6. The summed E-state index contributed by atoms with van der Waals surface area (Å²) in [5, 5.41) is 11.2. The summed E-state index contributed by atoms with van der Waals surface area (Å²) in [5.41, 5.74) is 5.96. The number of nitrogens with one attached hydrogen (secondary N) is 3. The first-order valence-corrected chi connectivity index (χ1v) is 12.1. The van der Waals surface area contributed by atoms with E-state index in [1.165, 1.54) is 0 Å². The van der Waals surface area contributed by atoms with E-state index in [0.717, 1.165) is 70.1 Å². The molecule has 0 radical (unpaired) electrons. The van der Waals surface area contributed by atoms with Crippen molar-refractivity contribution < 1.29 is 9.21 Å². The molecule has 5 rings (SSSR count). The van der Waals surface area contributed by atoms with Crippen molar-refractivity contribution in [3.05, 3.63) is 89.1 Å². The van der Waals surface area contributed by atoms with Crippen molar-refractivity contribution in [1.29, 1.82) is 0 Å². The lowest BCUT2D eigenvalue weighted by molar-refractivity contribution is -0.125. The van der Waals surface area contributed by atoms with Crippen LogP contribution in [0, 0.1) is 6.92 Å². The topological polar surface area (TPSA) is 95.3 Å². The van der Waals surface area contributed by atoms with Gasteiger partial charge in [-0.2, -0.15) is 0 Å². The number of aryl methyl sites for hydroxylation is 1. The minimum absolute atomic E-state index is 0.0977. The number of aromatic nitrogens is 2. The van der Waals surface area contributed by atoms with E-state index in [4.69, 9.17) is 4.42 Å². The van der Waals surface area contributed by atoms with Gasteiger partial charge in [-0.25, -0.2) is 4.98 Å². The lowest BCUT2D eigenvalue weighted by Gasteiger charge is -2.14. The highest BCUT2D eigenvalue weighted by atomic mass is 16.3. The fraction of sp³-hybridized carbons (Fsp3) is 0.250. The van der Waals surface area contributed by atoms with E-state index in [-0.39, 0.29) is 5.91 Å². The zero-order chi connectivity index (χ0) is 24.9. The van der Waals surface area contributed by atoms with Crippen molar-refractivity contribution in [2.45, 2.75) is 26.6 Å². The molecule has 4 heterocycles. The van der Waals surface area contributed by atoms with Crippen LogP contribution in [-0.4, -0.2) is 40.9 Å². The van der Waals surface area contributed by atoms with Crippen LogP contribution < -0.4 is 16.0 Å². The molecule has 0 saturated carbocycles. The molecule has 8 heteroatoms. The number of benzene rings is 1. The van der Waals surface area contributed by atoms with Crippen molar-refractivity contribution in [3.63, 3.8) is 0 Å². The molecule has 4 aromatic rings. The molecule has 184 valence electrons. The average molecular weight is 483 g/mol. The summed E-state index contributed by atoms with van der Waals surface area (Å²) < 4.78 is 6.17. The zero-order valence-corrected chi connectivity index (χ0v) is 20.5. The summed E-state index contributed by atoms with van der Waals surface area (Å²) in [6, 6.07) is 12.0. The van der Waals surface area contributed by atoms with Gasteiger partial charge >= 0.3 is 0 Å². The molecule has 0 bridgehead atoms. The number of pyridine rings is 2. The van der Waals surface area contributed by atoms with Gasteiger partial charge in [0.05, 0.1) is 12.2 Å². The summed E-state index contributed by atoms with van der Waals surface area (Å²) in [7, 11) is 1.79. The van der Waals surface area contributed by atoms with Crippen LogP contribution in [0.25, 0.3) is 17.0 Å². The van der Waals surface area contributed by atoms with Gasteiger partial charge in [0.15, 0.2) is 0 Å². The highest BCUT2D eigenvalue weighted by Gasteiger charge is 2.17. The first kappa shape index (κ1) is 23.6. The number of amides is 1. The maximum Gasteiger partial charge on any atom is 0.246 e. The molecule has 0 saturated heterocycles. The Bertz CT molecular complexity index is 1400.